The molecule has 20 heavy (non-hydrogen) atoms. The van der Waals surface area contributed by atoms with E-state index in [1.165, 1.54) is 12.3 Å². The Bertz CT molecular complexity index is 509. The Balaban J connectivity index is 3.01. The van der Waals surface area contributed by atoms with Crippen molar-refractivity contribution in [3.05, 3.63) is 47.9 Å². The lowest BCUT2D eigenvalue weighted by Crippen LogP contribution is -2.26. The fourth-order valence-electron chi connectivity index (χ4n) is 1.43. The monoisotopic (exact) mass is 296 g/mol. The van der Waals surface area contributed by atoms with E-state index in [1.807, 2.05) is 20.8 Å². The Hall–Kier alpha value is -1.33. The van der Waals surface area contributed by atoms with Crippen molar-refractivity contribution in [1.29, 1.82) is 0 Å². The molecular weight excluding hydrogens is 275 g/mol. The number of benzene rings is 1. The summed E-state index contributed by atoms with van der Waals surface area (Å²) in [7, 11) is 0. The molecule has 0 heterocycles. The van der Waals surface area contributed by atoms with Crippen molar-refractivity contribution in [3.63, 3.8) is 0 Å². The van der Waals surface area contributed by atoms with Gasteiger partial charge in [-0.1, -0.05) is 17.0 Å². The lowest BCUT2D eigenvalue weighted by molar-refractivity contribution is 0.561. The summed E-state index contributed by atoms with van der Waals surface area (Å²) in [5.74, 6) is -0.284. The average molecular weight is 296 g/mol. The van der Waals surface area contributed by atoms with E-state index in [0.29, 0.717) is 17.8 Å². The quantitative estimate of drug-likeness (QED) is 0.669. The zero-order valence-electron chi connectivity index (χ0n) is 12.4. The highest BCUT2D eigenvalue weighted by atomic mass is 32.2. The number of hydrogen-bond donors (Lipinski definition) is 1. The molecule has 1 rings (SSSR count). The van der Waals surface area contributed by atoms with Crippen molar-refractivity contribution < 1.29 is 8.94 Å². The van der Waals surface area contributed by atoms with E-state index < -0.39 is 16.1 Å². The van der Waals surface area contributed by atoms with Gasteiger partial charge in [0, 0.05) is 17.7 Å². The fraction of sp³-hybridized carbons (Fsp3) is 0.400. The van der Waals surface area contributed by atoms with E-state index in [1.54, 1.807) is 19.1 Å². The Morgan fingerprint density at radius 1 is 1.50 bits per heavy atom. The van der Waals surface area contributed by atoms with Crippen molar-refractivity contribution in [2.45, 2.75) is 39.0 Å². The predicted octanol–water partition coefficient (Wildman–Crippen LogP) is 3.33. The van der Waals surface area contributed by atoms with Crippen molar-refractivity contribution in [2.24, 2.45) is 4.40 Å². The van der Waals surface area contributed by atoms with Gasteiger partial charge in [-0.25, -0.2) is 4.39 Å². The fourth-order valence-corrected chi connectivity index (χ4v) is 2.06. The maximum absolute atomic E-state index is 13.6. The van der Waals surface area contributed by atoms with Crippen LogP contribution in [0.15, 0.2) is 35.4 Å². The molecule has 1 unspecified atom stereocenters. The Morgan fingerprint density at radius 3 is 2.70 bits per heavy atom. The summed E-state index contributed by atoms with van der Waals surface area (Å²) < 4.78 is 29.4. The number of nitrogens with zero attached hydrogens (tertiary/aromatic N) is 1. The van der Waals surface area contributed by atoms with Crippen molar-refractivity contribution in [1.82, 2.24) is 5.32 Å². The Labute approximate surface area is 123 Å². The van der Waals surface area contributed by atoms with E-state index in [4.69, 9.17) is 0 Å². The second-order valence-corrected chi connectivity index (χ2v) is 7.34. The minimum absolute atomic E-state index is 0.284. The maximum atomic E-state index is 13.6. The Kier molecular flexibility index (Phi) is 5.77. The molecule has 0 aromatic heterocycles. The minimum atomic E-state index is -1.32. The lowest BCUT2D eigenvalue weighted by Gasteiger charge is -2.18. The van der Waals surface area contributed by atoms with Gasteiger partial charge in [-0.2, -0.15) is 0 Å². The zero-order chi connectivity index (χ0) is 15.3. The van der Waals surface area contributed by atoms with Crippen LogP contribution in [-0.4, -0.2) is 15.0 Å². The van der Waals surface area contributed by atoms with Crippen LogP contribution in [0.25, 0.3) is 0 Å². The molecular formula is C15H21FN2OS. The van der Waals surface area contributed by atoms with Gasteiger partial charge in [0.15, 0.2) is 0 Å². The van der Waals surface area contributed by atoms with E-state index in [0.717, 1.165) is 5.56 Å². The van der Waals surface area contributed by atoms with Crippen LogP contribution in [0.3, 0.4) is 0 Å². The summed E-state index contributed by atoms with van der Waals surface area (Å²) in [6.07, 6.45) is 1.52. The van der Waals surface area contributed by atoms with E-state index >= 15 is 0 Å². The summed E-state index contributed by atoms with van der Waals surface area (Å²) in [6.45, 7) is 11.3. The van der Waals surface area contributed by atoms with Gasteiger partial charge in [0.2, 0.25) is 0 Å². The minimum Gasteiger partial charge on any atom is -0.591 e. The highest BCUT2D eigenvalue weighted by Crippen LogP contribution is 2.19. The Morgan fingerprint density at radius 2 is 2.15 bits per heavy atom. The topological polar surface area (TPSA) is 47.5 Å². The van der Waals surface area contributed by atoms with Crippen LogP contribution in [0.4, 0.5) is 4.39 Å². The second kappa shape index (κ2) is 6.90. The number of rotatable bonds is 5. The first kappa shape index (κ1) is 16.7. The van der Waals surface area contributed by atoms with Crippen LogP contribution >= 0.6 is 0 Å². The normalized spacial score (nSPS) is 14.0. The summed E-state index contributed by atoms with van der Waals surface area (Å²) in [5.41, 5.74) is 1.93. The van der Waals surface area contributed by atoms with Gasteiger partial charge in [0.25, 0.3) is 0 Å². The zero-order valence-corrected chi connectivity index (χ0v) is 13.2. The molecule has 1 aromatic carbocycles. The first-order valence-electron chi connectivity index (χ1n) is 6.36. The van der Waals surface area contributed by atoms with Crippen LogP contribution in [0.5, 0.6) is 0 Å². The highest BCUT2D eigenvalue weighted by Gasteiger charge is 2.26. The molecule has 0 aliphatic carbocycles. The molecule has 0 bridgehead atoms. The summed E-state index contributed by atoms with van der Waals surface area (Å²) in [6, 6.07) is 4.75. The van der Waals surface area contributed by atoms with Gasteiger partial charge >= 0.3 is 0 Å². The van der Waals surface area contributed by atoms with Crippen LogP contribution in [0.2, 0.25) is 0 Å². The first-order valence-corrected chi connectivity index (χ1v) is 7.46. The molecule has 110 valence electrons. The average Bonchev–Trinajstić information content (AvgIpc) is 2.36. The van der Waals surface area contributed by atoms with Crippen molar-refractivity contribution >= 4 is 17.1 Å². The molecule has 0 amide bonds. The summed E-state index contributed by atoms with van der Waals surface area (Å²) in [4.78, 5) is 0. The smallest absolute Gasteiger partial charge is 0.144 e. The molecule has 0 aliphatic heterocycles. The molecule has 1 aromatic rings. The van der Waals surface area contributed by atoms with Crippen molar-refractivity contribution in [2.75, 3.05) is 0 Å². The SMILES string of the molecule is C=CNCc1cc(C(C)=N[S+]([O-])C(C)(C)C)ccc1F. The first-order chi connectivity index (χ1) is 9.25. The third-order valence-electron chi connectivity index (χ3n) is 2.64. The van der Waals surface area contributed by atoms with E-state index in [-0.39, 0.29) is 5.82 Å². The van der Waals surface area contributed by atoms with Crippen molar-refractivity contribution in [3.8, 4) is 0 Å². The molecule has 1 N–H and O–H groups in total. The van der Waals surface area contributed by atoms with Gasteiger partial charge in [-0.3, -0.25) is 0 Å². The van der Waals surface area contributed by atoms with Crippen LogP contribution in [0, 0.1) is 5.82 Å². The third-order valence-corrected chi connectivity index (χ3v) is 4.13. The molecule has 0 fully saturated rings. The predicted molar refractivity (Wildman–Crippen MR) is 83.5 cm³/mol. The standard InChI is InChI=1S/C15H21FN2OS/c1-6-17-10-13-9-12(7-8-14(13)16)11(2)18-20(19)15(3,4)5/h6-9,17H,1,10H2,2-5H3. The van der Waals surface area contributed by atoms with Gasteiger partial charge in [-0.05, 0) is 46.0 Å². The summed E-state index contributed by atoms with van der Waals surface area (Å²) in [5, 5.41) is 2.86. The molecule has 0 spiro atoms. The largest absolute Gasteiger partial charge is 0.591 e. The molecule has 0 saturated carbocycles. The molecule has 5 heteroatoms. The summed E-state index contributed by atoms with van der Waals surface area (Å²) >= 11 is -1.32. The van der Waals surface area contributed by atoms with Crippen LogP contribution in [-0.2, 0) is 17.9 Å². The molecule has 0 aliphatic rings. The van der Waals surface area contributed by atoms with Gasteiger partial charge in [0.1, 0.15) is 21.9 Å². The van der Waals surface area contributed by atoms with Gasteiger partial charge in [-0.15, -0.1) is 0 Å². The number of nitrogens with one attached hydrogen (secondary N) is 1. The number of hydrogen-bond acceptors (Lipinski definition) is 3. The molecule has 1 atom stereocenters. The van der Waals surface area contributed by atoms with E-state index in [2.05, 4.69) is 16.3 Å². The lowest BCUT2D eigenvalue weighted by atomic mass is 10.1. The highest BCUT2D eigenvalue weighted by molar-refractivity contribution is 7.91. The molecule has 3 nitrogen and oxygen atoms in total. The second-order valence-electron chi connectivity index (χ2n) is 5.43. The molecule has 0 saturated heterocycles. The van der Waals surface area contributed by atoms with E-state index in [9.17, 15) is 8.94 Å². The van der Waals surface area contributed by atoms with Gasteiger partial charge < -0.3 is 9.87 Å². The van der Waals surface area contributed by atoms with Crippen LogP contribution in [0.1, 0.15) is 38.8 Å². The molecule has 0 radical (unpaired) electrons. The maximum Gasteiger partial charge on any atom is 0.144 e. The van der Waals surface area contributed by atoms with Gasteiger partial charge in [0.05, 0.1) is 5.71 Å². The third kappa shape index (κ3) is 4.65. The van der Waals surface area contributed by atoms with Crippen LogP contribution < -0.4 is 5.32 Å². The number of halogens is 1.